The van der Waals surface area contributed by atoms with E-state index in [2.05, 4.69) is 21.4 Å². The first-order chi connectivity index (χ1) is 15.1. The number of pyridine rings is 2. The Bertz CT molecular complexity index is 1210. The fraction of sp³-hybridized carbons (Fsp3) is 0.364. The molecule has 0 atom stereocenters. The van der Waals surface area contributed by atoms with E-state index in [1.54, 1.807) is 12.4 Å². The van der Waals surface area contributed by atoms with Gasteiger partial charge in [0.15, 0.2) is 5.75 Å². The molecular formula is C22H23F3N4O2S. The molecule has 1 aromatic carbocycles. The zero-order chi connectivity index (χ0) is 22.9. The average Bonchev–Trinajstić information content (AvgIpc) is 2.73. The van der Waals surface area contributed by atoms with Gasteiger partial charge in [0.25, 0.3) is 0 Å². The number of sulfonamides is 1. The lowest BCUT2D eigenvalue weighted by Gasteiger charge is -2.32. The summed E-state index contributed by atoms with van der Waals surface area (Å²) < 4.78 is 62.8. The van der Waals surface area contributed by atoms with Crippen LogP contribution in [0.2, 0.25) is 0 Å². The number of fused-ring (bicyclic) bond motifs is 1. The highest BCUT2D eigenvalue weighted by Crippen LogP contribution is 2.32. The first-order valence-corrected chi connectivity index (χ1v) is 11.8. The van der Waals surface area contributed by atoms with Crippen LogP contribution >= 0.6 is 0 Å². The SMILES string of the molecule is Cc1ccc(-c2cc(NC3CCN(S(=O)(=O)CC(F)(F)F)CC3)c3cnccc3c2)cn1. The predicted molar refractivity (Wildman–Crippen MR) is 118 cm³/mol. The Morgan fingerprint density at radius 1 is 1.09 bits per heavy atom. The molecule has 6 nitrogen and oxygen atoms in total. The van der Waals surface area contributed by atoms with Crippen LogP contribution in [0.15, 0.2) is 48.9 Å². The van der Waals surface area contributed by atoms with Crippen molar-refractivity contribution >= 4 is 26.5 Å². The summed E-state index contributed by atoms with van der Waals surface area (Å²) in [5.74, 6) is -1.82. The van der Waals surface area contributed by atoms with Crippen molar-refractivity contribution in [1.82, 2.24) is 14.3 Å². The third-order valence-corrected chi connectivity index (χ3v) is 7.40. The van der Waals surface area contributed by atoms with E-state index in [0.29, 0.717) is 12.8 Å². The monoisotopic (exact) mass is 464 g/mol. The van der Waals surface area contributed by atoms with Crippen molar-refractivity contribution in [2.45, 2.75) is 32.0 Å². The lowest BCUT2D eigenvalue weighted by molar-refractivity contribution is -0.107. The summed E-state index contributed by atoms with van der Waals surface area (Å²) in [6.07, 6.45) is 1.37. The number of piperidine rings is 1. The summed E-state index contributed by atoms with van der Waals surface area (Å²) in [4.78, 5) is 8.57. The number of hydrogen-bond acceptors (Lipinski definition) is 5. The van der Waals surface area contributed by atoms with Gasteiger partial charge in [-0.15, -0.1) is 0 Å². The molecule has 0 radical (unpaired) electrons. The van der Waals surface area contributed by atoms with Crippen molar-refractivity contribution < 1.29 is 21.6 Å². The highest BCUT2D eigenvalue weighted by atomic mass is 32.2. The van der Waals surface area contributed by atoms with Crippen LogP contribution in [0.5, 0.6) is 0 Å². The van der Waals surface area contributed by atoms with E-state index in [-0.39, 0.29) is 19.1 Å². The number of rotatable bonds is 5. The number of aryl methyl sites for hydroxylation is 1. The van der Waals surface area contributed by atoms with E-state index in [1.165, 1.54) is 0 Å². The summed E-state index contributed by atoms with van der Waals surface area (Å²) in [6, 6.07) is 9.85. The van der Waals surface area contributed by atoms with Crippen LogP contribution in [0.4, 0.5) is 18.9 Å². The fourth-order valence-electron chi connectivity index (χ4n) is 3.92. The molecule has 1 saturated heterocycles. The molecule has 0 spiro atoms. The van der Waals surface area contributed by atoms with Gasteiger partial charge < -0.3 is 5.32 Å². The number of alkyl halides is 3. The van der Waals surface area contributed by atoms with Gasteiger partial charge in [-0.3, -0.25) is 9.97 Å². The summed E-state index contributed by atoms with van der Waals surface area (Å²) in [5.41, 5.74) is 3.71. The molecule has 2 aromatic heterocycles. The highest BCUT2D eigenvalue weighted by molar-refractivity contribution is 7.89. The molecule has 0 bridgehead atoms. The number of benzene rings is 1. The third-order valence-electron chi connectivity index (χ3n) is 5.55. The van der Waals surface area contributed by atoms with Gasteiger partial charge in [-0.05, 0) is 55.0 Å². The Balaban J connectivity index is 1.54. The Hall–Kier alpha value is -2.72. The molecule has 0 saturated carbocycles. The van der Waals surface area contributed by atoms with Gasteiger partial charge in [0.2, 0.25) is 10.0 Å². The minimum Gasteiger partial charge on any atom is -0.382 e. The molecular weight excluding hydrogens is 441 g/mol. The fourth-order valence-corrected chi connectivity index (χ4v) is 5.28. The van der Waals surface area contributed by atoms with Gasteiger partial charge in [-0.2, -0.15) is 13.2 Å². The zero-order valence-corrected chi connectivity index (χ0v) is 18.2. The minimum atomic E-state index is -4.74. The van der Waals surface area contributed by atoms with E-state index in [1.807, 2.05) is 37.4 Å². The normalized spacial score (nSPS) is 16.4. The Morgan fingerprint density at radius 2 is 1.84 bits per heavy atom. The van der Waals surface area contributed by atoms with Gasteiger partial charge in [0.1, 0.15) is 0 Å². The van der Waals surface area contributed by atoms with Crippen molar-refractivity contribution in [1.29, 1.82) is 0 Å². The summed E-state index contributed by atoms with van der Waals surface area (Å²) >= 11 is 0. The van der Waals surface area contributed by atoms with E-state index < -0.39 is 22.0 Å². The van der Waals surface area contributed by atoms with Crippen molar-refractivity contribution in [3.63, 3.8) is 0 Å². The maximum absolute atomic E-state index is 12.6. The first-order valence-electron chi connectivity index (χ1n) is 10.2. The number of anilines is 1. The van der Waals surface area contributed by atoms with Crippen LogP contribution in [0, 0.1) is 6.92 Å². The van der Waals surface area contributed by atoms with Crippen LogP contribution in [-0.4, -0.2) is 53.8 Å². The van der Waals surface area contributed by atoms with E-state index >= 15 is 0 Å². The Kier molecular flexibility index (Phi) is 6.09. The molecule has 1 aliphatic rings. The summed E-state index contributed by atoms with van der Waals surface area (Å²) in [7, 11) is -4.35. The third kappa shape index (κ3) is 5.18. The van der Waals surface area contributed by atoms with Crippen LogP contribution < -0.4 is 5.32 Å². The number of nitrogens with zero attached hydrogens (tertiary/aromatic N) is 3. The first kappa shape index (κ1) is 22.5. The molecule has 170 valence electrons. The van der Waals surface area contributed by atoms with Crippen molar-refractivity contribution in [2.24, 2.45) is 0 Å². The lowest BCUT2D eigenvalue weighted by Crippen LogP contribution is -2.45. The van der Waals surface area contributed by atoms with Gasteiger partial charge in [0.05, 0.1) is 0 Å². The Morgan fingerprint density at radius 3 is 2.50 bits per heavy atom. The molecule has 0 aliphatic carbocycles. The number of nitrogens with one attached hydrogen (secondary N) is 1. The maximum Gasteiger partial charge on any atom is 0.404 e. The summed E-state index contributed by atoms with van der Waals surface area (Å²) in [5, 5.41) is 5.37. The molecule has 3 heterocycles. The van der Waals surface area contributed by atoms with Crippen LogP contribution in [0.1, 0.15) is 18.5 Å². The lowest BCUT2D eigenvalue weighted by atomic mass is 10.00. The van der Waals surface area contributed by atoms with Crippen LogP contribution in [-0.2, 0) is 10.0 Å². The van der Waals surface area contributed by atoms with Gasteiger partial charge >= 0.3 is 6.18 Å². The van der Waals surface area contributed by atoms with Gasteiger partial charge in [0, 0.05) is 60.1 Å². The van der Waals surface area contributed by atoms with E-state index in [4.69, 9.17) is 0 Å². The molecule has 32 heavy (non-hydrogen) atoms. The largest absolute Gasteiger partial charge is 0.404 e. The zero-order valence-electron chi connectivity index (χ0n) is 17.4. The smallest absolute Gasteiger partial charge is 0.382 e. The van der Waals surface area contributed by atoms with Crippen LogP contribution in [0.3, 0.4) is 0 Å². The summed E-state index contributed by atoms with van der Waals surface area (Å²) in [6.45, 7) is 2.02. The molecule has 1 aliphatic heterocycles. The quantitative estimate of drug-likeness (QED) is 0.607. The molecule has 0 amide bonds. The van der Waals surface area contributed by atoms with Crippen molar-refractivity contribution in [2.75, 3.05) is 24.2 Å². The molecule has 1 fully saturated rings. The van der Waals surface area contributed by atoms with Crippen molar-refractivity contribution in [3.8, 4) is 11.1 Å². The average molecular weight is 465 g/mol. The molecule has 4 rings (SSSR count). The van der Waals surface area contributed by atoms with Crippen LogP contribution in [0.25, 0.3) is 21.9 Å². The standard InChI is InChI=1S/C22H23F3N4O2S/c1-15-2-3-17(12-27-15)18-10-16-4-7-26-13-20(16)21(11-18)28-19-5-8-29(9-6-19)32(30,31)14-22(23,24)25/h2-4,7,10-13,19,28H,5-6,8-9,14H2,1H3. The van der Waals surface area contributed by atoms with E-state index in [0.717, 1.165) is 37.6 Å². The van der Waals surface area contributed by atoms with Crippen molar-refractivity contribution in [3.05, 3.63) is 54.6 Å². The number of aromatic nitrogens is 2. The second-order valence-corrected chi connectivity index (χ2v) is 9.97. The second kappa shape index (κ2) is 8.67. The molecule has 0 unspecified atom stereocenters. The molecule has 10 heteroatoms. The maximum atomic E-state index is 12.6. The number of hydrogen-bond donors (Lipinski definition) is 1. The topological polar surface area (TPSA) is 75.2 Å². The van der Waals surface area contributed by atoms with E-state index in [9.17, 15) is 21.6 Å². The Labute approximate surface area is 184 Å². The minimum absolute atomic E-state index is 0.0494. The molecule has 1 N–H and O–H groups in total. The second-order valence-electron chi connectivity index (χ2n) is 8.00. The van der Waals surface area contributed by atoms with Gasteiger partial charge in [-0.25, -0.2) is 12.7 Å². The highest BCUT2D eigenvalue weighted by Gasteiger charge is 2.39. The number of halogens is 3. The predicted octanol–water partition coefficient (Wildman–Crippen LogP) is 4.37. The molecule has 3 aromatic rings. The van der Waals surface area contributed by atoms with Gasteiger partial charge in [-0.1, -0.05) is 6.07 Å².